The molecule has 2 heterocycles. The van der Waals surface area contributed by atoms with Crippen molar-refractivity contribution >= 4 is 63.5 Å². The molecular formula is C21H13Cl2NO2S2. The second-order valence-electron chi connectivity index (χ2n) is 6.08. The van der Waals surface area contributed by atoms with E-state index in [9.17, 15) is 4.79 Å². The Hall–Kier alpha value is -2.05. The molecule has 4 rings (SSSR count). The van der Waals surface area contributed by atoms with Gasteiger partial charge in [0.2, 0.25) is 0 Å². The fourth-order valence-corrected chi connectivity index (χ4v) is 4.30. The van der Waals surface area contributed by atoms with Gasteiger partial charge in [0, 0.05) is 11.6 Å². The van der Waals surface area contributed by atoms with Gasteiger partial charge in [-0.25, -0.2) is 0 Å². The average molecular weight is 446 g/mol. The zero-order valence-electron chi connectivity index (χ0n) is 14.4. The Balaban J connectivity index is 1.55. The number of carbonyl (C=O) groups excluding carboxylic acids is 1. The van der Waals surface area contributed by atoms with E-state index in [1.54, 1.807) is 23.1 Å². The first-order chi connectivity index (χ1) is 13.5. The molecule has 0 aliphatic carbocycles. The molecule has 0 unspecified atom stereocenters. The number of thiocarbonyl (C=S) groups is 1. The van der Waals surface area contributed by atoms with Gasteiger partial charge in [-0.15, -0.1) is 0 Å². The van der Waals surface area contributed by atoms with Gasteiger partial charge in [0.1, 0.15) is 15.8 Å². The number of furan rings is 1. The Morgan fingerprint density at radius 2 is 1.82 bits per heavy atom. The van der Waals surface area contributed by atoms with Crippen molar-refractivity contribution in [3.8, 4) is 11.3 Å². The lowest BCUT2D eigenvalue weighted by atomic mass is 10.2. The van der Waals surface area contributed by atoms with Gasteiger partial charge in [0.15, 0.2) is 0 Å². The van der Waals surface area contributed by atoms with E-state index in [0.717, 1.165) is 11.1 Å². The van der Waals surface area contributed by atoms with Crippen LogP contribution < -0.4 is 0 Å². The van der Waals surface area contributed by atoms with E-state index in [2.05, 4.69) is 0 Å². The van der Waals surface area contributed by atoms with Crippen molar-refractivity contribution in [2.45, 2.75) is 6.54 Å². The molecule has 0 bridgehead atoms. The van der Waals surface area contributed by atoms with Crippen molar-refractivity contribution in [3.63, 3.8) is 0 Å². The second-order valence-corrected chi connectivity index (χ2v) is 8.57. The number of thioether (sulfide) groups is 1. The molecule has 1 aliphatic rings. The molecule has 1 aromatic heterocycles. The zero-order chi connectivity index (χ0) is 19.7. The maximum Gasteiger partial charge on any atom is 0.266 e. The Kier molecular flexibility index (Phi) is 5.60. The number of hydrogen-bond donors (Lipinski definition) is 0. The molecule has 2 aromatic carbocycles. The molecule has 3 aromatic rings. The van der Waals surface area contributed by atoms with Crippen LogP contribution in [0.1, 0.15) is 11.3 Å². The van der Waals surface area contributed by atoms with Gasteiger partial charge >= 0.3 is 0 Å². The van der Waals surface area contributed by atoms with E-state index < -0.39 is 0 Å². The predicted molar refractivity (Wildman–Crippen MR) is 119 cm³/mol. The topological polar surface area (TPSA) is 33.5 Å². The maximum absolute atomic E-state index is 12.8. The summed E-state index contributed by atoms with van der Waals surface area (Å²) in [5, 5.41) is 0.943. The third-order valence-electron chi connectivity index (χ3n) is 4.16. The van der Waals surface area contributed by atoms with E-state index in [1.165, 1.54) is 11.8 Å². The molecule has 140 valence electrons. The second kappa shape index (κ2) is 8.13. The highest BCUT2D eigenvalue weighted by atomic mass is 35.5. The van der Waals surface area contributed by atoms with Gasteiger partial charge in [-0.3, -0.25) is 9.69 Å². The van der Waals surface area contributed by atoms with Crippen LogP contribution in [0, 0.1) is 0 Å². The summed E-state index contributed by atoms with van der Waals surface area (Å²) in [4.78, 5) is 14.9. The van der Waals surface area contributed by atoms with E-state index in [4.69, 9.17) is 39.8 Å². The summed E-state index contributed by atoms with van der Waals surface area (Å²) in [6, 6.07) is 18.7. The maximum atomic E-state index is 12.8. The largest absolute Gasteiger partial charge is 0.457 e. The Morgan fingerprint density at radius 1 is 1.04 bits per heavy atom. The molecule has 0 N–H and O–H groups in total. The molecule has 0 spiro atoms. The van der Waals surface area contributed by atoms with E-state index in [-0.39, 0.29) is 5.91 Å². The minimum Gasteiger partial charge on any atom is -0.457 e. The summed E-state index contributed by atoms with van der Waals surface area (Å²) < 4.78 is 6.40. The van der Waals surface area contributed by atoms with E-state index in [0.29, 0.717) is 37.3 Å². The van der Waals surface area contributed by atoms with Crippen LogP contribution in [-0.2, 0) is 11.3 Å². The van der Waals surface area contributed by atoms with Crippen LogP contribution in [0.25, 0.3) is 17.4 Å². The van der Waals surface area contributed by atoms with Crippen molar-refractivity contribution in [2.75, 3.05) is 0 Å². The van der Waals surface area contributed by atoms with Gasteiger partial charge < -0.3 is 4.42 Å². The summed E-state index contributed by atoms with van der Waals surface area (Å²) in [5.41, 5.74) is 1.84. The van der Waals surface area contributed by atoms with Crippen LogP contribution in [0.15, 0.2) is 70.0 Å². The summed E-state index contributed by atoms with van der Waals surface area (Å²) in [5.74, 6) is 1.09. The van der Waals surface area contributed by atoms with Crippen LogP contribution in [0.2, 0.25) is 10.0 Å². The minimum absolute atomic E-state index is 0.119. The number of carbonyl (C=O) groups is 1. The highest BCUT2D eigenvalue weighted by Crippen LogP contribution is 2.35. The molecule has 0 radical (unpaired) electrons. The van der Waals surface area contributed by atoms with Crippen LogP contribution >= 0.6 is 47.2 Å². The highest BCUT2D eigenvalue weighted by Gasteiger charge is 2.32. The number of halogens is 2. The Morgan fingerprint density at radius 3 is 2.57 bits per heavy atom. The van der Waals surface area contributed by atoms with Gasteiger partial charge in [0.25, 0.3) is 5.91 Å². The van der Waals surface area contributed by atoms with Crippen LogP contribution in [0.5, 0.6) is 0 Å². The molecule has 0 saturated carbocycles. The van der Waals surface area contributed by atoms with Crippen molar-refractivity contribution in [3.05, 3.63) is 86.9 Å². The van der Waals surface area contributed by atoms with Gasteiger partial charge in [0.05, 0.1) is 21.5 Å². The first-order valence-electron chi connectivity index (χ1n) is 8.36. The lowest BCUT2D eigenvalue weighted by Crippen LogP contribution is -2.27. The van der Waals surface area contributed by atoms with Crippen LogP contribution in [0.3, 0.4) is 0 Å². The summed E-state index contributed by atoms with van der Waals surface area (Å²) in [7, 11) is 0. The fourth-order valence-electron chi connectivity index (χ4n) is 2.77. The third kappa shape index (κ3) is 4.03. The SMILES string of the molecule is O=C1/C(=C/c2ccc(-c3ccc(Cl)c(Cl)c3)o2)SC(=S)N1Cc1ccccc1. The van der Waals surface area contributed by atoms with Gasteiger partial charge in [-0.1, -0.05) is 77.5 Å². The van der Waals surface area contributed by atoms with Crippen LogP contribution in [0.4, 0.5) is 0 Å². The summed E-state index contributed by atoms with van der Waals surface area (Å²) in [6.45, 7) is 0.454. The number of rotatable bonds is 4. The van der Waals surface area contributed by atoms with Crippen LogP contribution in [-0.4, -0.2) is 15.1 Å². The summed E-state index contributed by atoms with van der Waals surface area (Å²) in [6.07, 6.45) is 1.71. The highest BCUT2D eigenvalue weighted by molar-refractivity contribution is 8.26. The van der Waals surface area contributed by atoms with Crippen molar-refractivity contribution in [1.29, 1.82) is 0 Å². The first kappa shape index (κ1) is 19.3. The molecule has 1 fully saturated rings. The number of amides is 1. The Bertz CT molecular complexity index is 1090. The molecular weight excluding hydrogens is 433 g/mol. The van der Waals surface area contributed by atoms with Crippen molar-refractivity contribution < 1.29 is 9.21 Å². The lowest BCUT2D eigenvalue weighted by Gasteiger charge is -2.14. The number of hydrogen-bond acceptors (Lipinski definition) is 4. The van der Waals surface area contributed by atoms with E-state index >= 15 is 0 Å². The zero-order valence-corrected chi connectivity index (χ0v) is 17.5. The molecule has 1 saturated heterocycles. The fraction of sp³-hybridized carbons (Fsp3) is 0.0476. The number of nitrogens with zero attached hydrogens (tertiary/aromatic N) is 1. The van der Waals surface area contributed by atoms with Crippen molar-refractivity contribution in [1.82, 2.24) is 4.90 Å². The monoisotopic (exact) mass is 445 g/mol. The average Bonchev–Trinajstić information content (AvgIpc) is 3.25. The van der Waals surface area contributed by atoms with Gasteiger partial charge in [-0.2, -0.15) is 0 Å². The normalized spacial score (nSPS) is 15.6. The smallest absolute Gasteiger partial charge is 0.266 e. The number of benzene rings is 2. The summed E-state index contributed by atoms with van der Waals surface area (Å²) >= 11 is 18.7. The standard InChI is InChI=1S/C21H13Cl2NO2S2/c22-16-8-6-14(10-17(16)23)18-9-7-15(26-18)11-19-20(25)24(21(27)28-19)12-13-4-2-1-3-5-13/h1-11H,12H2/b19-11-. The first-order valence-corrected chi connectivity index (χ1v) is 10.3. The minimum atomic E-state index is -0.119. The molecule has 3 nitrogen and oxygen atoms in total. The molecule has 28 heavy (non-hydrogen) atoms. The molecule has 1 aliphatic heterocycles. The lowest BCUT2D eigenvalue weighted by molar-refractivity contribution is -0.122. The Labute approximate surface area is 181 Å². The van der Waals surface area contributed by atoms with Crippen molar-refractivity contribution in [2.24, 2.45) is 0 Å². The third-order valence-corrected chi connectivity index (χ3v) is 6.28. The van der Waals surface area contributed by atoms with E-state index in [1.807, 2.05) is 48.5 Å². The molecule has 1 amide bonds. The predicted octanol–water partition coefficient (Wildman–Crippen LogP) is 6.65. The van der Waals surface area contributed by atoms with Gasteiger partial charge in [-0.05, 0) is 35.9 Å². The quantitative estimate of drug-likeness (QED) is 0.332. The molecule has 0 atom stereocenters. The molecule has 7 heteroatoms.